The Morgan fingerprint density at radius 3 is 2.27 bits per heavy atom. The van der Waals surface area contributed by atoms with E-state index in [1.54, 1.807) is 0 Å². The molecule has 5 nitrogen and oxygen atoms in total. The lowest BCUT2D eigenvalue weighted by atomic mass is 10.1. The average Bonchev–Trinajstić information content (AvgIpc) is 1.97. The molecule has 3 atom stereocenters. The van der Waals surface area contributed by atoms with Gasteiger partial charge in [-0.25, -0.2) is 0 Å². The van der Waals surface area contributed by atoms with Crippen molar-refractivity contribution in [3.05, 3.63) is 11.5 Å². The predicted octanol–water partition coefficient (Wildman–Crippen LogP) is -0.588. The molecule has 0 saturated carbocycles. The smallest absolute Gasteiger partial charge is 0.217 e. The molecule has 0 unspecified atom stereocenters. The van der Waals surface area contributed by atoms with E-state index in [9.17, 15) is 0 Å². The van der Waals surface area contributed by atoms with Gasteiger partial charge in [0.2, 0.25) is 6.29 Å². The van der Waals surface area contributed by atoms with Gasteiger partial charge in [-0.05, 0) is 6.92 Å². The van der Waals surface area contributed by atoms with E-state index in [1.807, 2.05) is 0 Å². The van der Waals surface area contributed by atoms with Crippen LogP contribution in [0.25, 0.3) is 0 Å². The fraction of sp³-hybridized carbons (Fsp3) is 0.667. The monoisotopic (exact) mass is 162 g/mol. The first kappa shape index (κ1) is 8.32. The van der Waals surface area contributed by atoms with E-state index in [0.29, 0.717) is 0 Å². The summed E-state index contributed by atoms with van der Waals surface area (Å²) in [6.45, 7) is 1.47. The molecule has 0 aromatic rings. The Labute approximate surface area is 63.2 Å². The Balaban J connectivity index is 2.89. The van der Waals surface area contributed by atoms with Crippen molar-refractivity contribution in [2.45, 2.75) is 25.4 Å². The van der Waals surface area contributed by atoms with Crippen LogP contribution in [0.3, 0.4) is 0 Å². The maximum absolute atomic E-state index is 9.03. The molecule has 0 bridgehead atoms. The van der Waals surface area contributed by atoms with Gasteiger partial charge in [0, 0.05) is 0 Å². The highest BCUT2D eigenvalue weighted by atomic mass is 16.6. The highest BCUT2D eigenvalue weighted by Crippen LogP contribution is 2.20. The summed E-state index contributed by atoms with van der Waals surface area (Å²) in [7, 11) is 0. The second kappa shape index (κ2) is 2.69. The van der Waals surface area contributed by atoms with Crippen LogP contribution < -0.4 is 0 Å². The standard InChI is InChI=1S/C6H10O5/c1-2-3(7)4(8)5(9)6(10)11-2/h2-3,6-10H,1H3/t2-,3+,6+/m0/s1. The third kappa shape index (κ3) is 1.30. The van der Waals surface area contributed by atoms with E-state index in [2.05, 4.69) is 4.74 Å². The van der Waals surface area contributed by atoms with E-state index < -0.39 is 30.0 Å². The van der Waals surface area contributed by atoms with Crippen molar-refractivity contribution in [3.8, 4) is 0 Å². The van der Waals surface area contributed by atoms with Crippen LogP contribution in [-0.2, 0) is 4.74 Å². The molecule has 0 radical (unpaired) electrons. The van der Waals surface area contributed by atoms with Crippen LogP contribution in [0.2, 0.25) is 0 Å². The lowest BCUT2D eigenvalue weighted by Gasteiger charge is -2.27. The second-order valence-corrected chi connectivity index (χ2v) is 2.41. The van der Waals surface area contributed by atoms with Crippen molar-refractivity contribution in [1.29, 1.82) is 0 Å². The summed E-state index contributed by atoms with van der Waals surface area (Å²) in [5.74, 6) is -1.35. The minimum absolute atomic E-state index is 0.628. The van der Waals surface area contributed by atoms with Crippen LogP contribution in [-0.4, -0.2) is 38.9 Å². The molecule has 0 aliphatic carbocycles. The molecule has 1 aliphatic heterocycles. The third-order valence-electron chi connectivity index (χ3n) is 1.56. The van der Waals surface area contributed by atoms with E-state index >= 15 is 0 Å². The summed E-state index contributed by atoms with van der Waals surface area (Å²) < 4.78 is 4.62. The number of aliphatic hydroxyl groups is 4. The summed E-state index contributed by atoms with van der Waals surface area (Å²) >= 11 is 0. The third-order valence-corrected chi connectivity index (χ3v) is 1.56. The normalized spacial score (nSPS) is 39.4. The summed E-state index contributed by atoms with van der Waals surface area (Å²) in [5.41, 5.74) is 0. The molecule has 5 heteroatoms. The van der Waals surface area contributed by atoms with Gasteiger partial charge in [0.05, 0.1) is 6.10 Å². The second-order valence-electron chi connectivity index (χ2n) is 2.41. The summed E-state index contributed by atoms with van der Waals surface area (Å²) in [5, 5.41) is 35.6. The van der Waals surface area contributed by atoms with Crippen LogP contribution in [0, 0.1) is 0 Å². The number of hydrogen-bond donors (Lipinski definition) is 4. The van der Waals surface area contributed by atoms with Gasteiger partial charge in [-0.1, -0.05) is 0 Å². The molecule has 1 heterocycles. The van der Waals surface area contributed by atoms with Crippen LogP contribution >= 0.6 is 0 Å². The fourth-order valence-electron chi connectivity index (χ4n) is 0.843. The molecule has 0 aromatic heterocycles. The number of ether oxygens (including phenoxy) is 1. The zero-order valence-corrected chi connectivity index (χ0v) is 5.93. The zero-order valence-electron chi connectivity index (χ0n) is 5.93. The Bertz CT molecular complexity index is 187. The largest absolute Gasteiger partial charge is 0.506 e. The van der Waals surface area contributed by atoms with E-state index in [-0.39, 0.29) is 0 Å². The van der Waals surface area contributed by atoms with Crippen molar-refractivity contribution < 1.29 is 25.2 Å². The molecule has 0 fully saturated rings. The Morgan fingerprint density at radius 2 is 1.73 bits per heavy atom. The Kier molecular flexibility index (Phi) is 2.03. The molecule has 1 rings (SSSR count). The SMILES string of the molecule is C[C@@H]1O[C@@H](O)C(O)=C(O)[C@@H]1O. The zero-order chi connectivity index (χ0) is 8.59. The molecule has 0 saturated heterocycles. The van der Waals surface area contributed by atoms with E-state index in [1.165, 1.54) is 6.92 Å². The molecule has 4 N–H and O–H groups in total. The van der Waals surface area contributed by atoms with Gasteiger partial charge >= 0.3 is 0 Å². The highest BCUT2D eigenvalue weighted by Gasteiger charge is 2.33. The van der Waals surface area contributed by atoms with Gasteiger partial charge in [-0.3, -0.25) is 0 Å². The van der Waals surface area contributed by atoms with Crippen LogP contribution in [0.1, 0.15) is 6.92 Å². The summed E-state index contributed by atoms with van der Waals surface area (Å²) in [4.78, 5) is 0. The van der Waals surface area contributed by atoms with Crippen LogP contribution in [0.5, 0.6) is 0 Å². The van der Waals surface area contributed by atoms with Crippen molar-refractivity contribution >= 4 is 0 Å². The topological polar surface area (TPSA) is 90.2 Å². The minimum atomic E-state index is -1.53. The number of aliphatic hydroxyl groups excluding tert-OH is 4. The predicted molar refractivity (Wildman–Crippen MR) is 34.8 cm³/mol. The maximum atomic E-state index is 9.03. The van der Waals surface area contributed by atoms with E-state index in [0.717, 1.165) is 0 Å². The van der Waals surface area contributed by atoms with Crippen molar-refractivity contribution in [2.24, 2.45) is 0 Å². The van der Waals surface area contributed by atoms with Crippen molar-refractivity contribution in [2.75, 3.05) is 0 Å². The maximum Gasteiger partial charge on any atom is 0.217 e. The van der Waals surface area contributed by atoms with Gasteiger partial charge in [-0.2, -0.15) is 0 Å². The van der Waals surface area contributed by atoms with Crippen molar-refractivity contribution in [3.63, 3.8) is 0 Å². The molecular formula is C6H10O5. The lowest BCUT2D eigenvalue weighted by Crippen LogP contribution is -2.39. The van der Waals surface area contributed by atoms with Crippen LogP contribution in [0.4, 0.5) is 0 Å². The van der Waals surface area contributed by atoms with Crippen molar-refractivity contribution in [1.82, 2.24) is 0 Å². The fourth-order valence-corrected chi connectivity index (χ4v) is 0.843. The van der Waals surface area contributed by atoms with Gasteiger partial charge in [-0.15, -0.1) is 0 Å². The number of rotatable bonds is 0. The first-order valence-corrected chi connectivity index (χ1v) is 3.17. The number of hydrogen-bond acceptors (Lipinski definition) is 5. The molecule has 64 valence electrons. The molecular weight excluding hydrogens is 152 g/mol. The molecule has 0 spiro atoms. The van der Waals surface area contributed by atoms with Gasteiger partial charge in [0.15, 0.2) is 11.5 Å². The summed E-state index contributed by atoms with van der Waals surface area (Å²) in [6.07, 6.45) is -3.52. The minimum Gasteiger partial charge on any atom is -0.506 e. The quantitative estimate of drug-likeness (QED) is 0.382. The van der Waals surface area contributed by atoms with Crippen LogP contribution in [0.15, 0.2) is 11.5 Å². The first-order valence-electron chi connectivity index (χ1n) is 3.17. The first-order chi connectivity index (χ1) is 5.04. The van der Waals surface area contributed by atoms with Gasteiger partial charge < -0.3 is 25.2 Å². The van der Waals surface area contributed by atoms with Gasteiger partial charge in [0.1, 0.15) is 6.10 Å². The van der Waals surface area contributed by atoms with Gasteiger partial charge in [0.25, 0.3) is 0 Å². The summed E-state index contributed by atoms with van der Waals surface area (Å²) in [6, 6.07) is 0. The van der Waals surface area contributed by atoms with E-state index in [4.69, 9.17) is 20.4 Å². The Morgan fingerprint density at radius 1 is 1.18 bits per heavy atom. The highest BCUT2D eigenvalue weighted by molar-refractivity contribution is 5.10. The molecule has 0 aromatic carbocycles. The Hall–Kier alpha value is -0.780. The molecule has 1 aliphatic rings. The molecule has 0 amide bonds. The lowest BCUT2D eigenvalue weighted by molar-refractivity contribution is -0.172. The average molecular weight is 162 g/mol. The molecule has 11 heavy (non-hydrogen) atoms.